The summed E-state index contributed by atoms with van der Waals surface area (Å²) in [6.45, 7) is 5.80. The van der Waals surface area contributed by atoms with E-state index in [1.165, 1.54) is 0 Å². The summed E-state index contributed by atoms with van der Waals surface area (Å²) >= 11 is 0. The summed E-state index contributed by atoms with van der Waals surface area (Å²) in [6, 6.07) is 14.2. The van der Waals surface area contributed by atoms with Crippen LogP contribution in [0.1, 0.15) is 43.1 Å². The Hall–Kier alpha value is -2.57. The summed E-state index contributed by atoms with van der Waals surface area (Å²) in [7, 11) is 0. The zero-order valence-corrected chi connectivity index (χ0v) is 17.3. The highest BCUT2D eigenvalue weighted by Crippen LogP contribution is 2.17. The van der Waals surface area contributed by atoms with Crippen LogP contribution in [0.25, 0.3) is 0 Å². The van der Waals surface area contributed by atoms with E-state index in [1.54, 1.807) is 24.3 Å². The van der Waals surface area contributed by atoms with Crippen LogP contribution in [0.15, 0.2) is 48.5 Å². The lowest BCUT2D eigenvalue weighted by Gasteiger charge is -2.19. The van der Waals surface area contributed by atoms with E-state index >= 15 is 0 Å². The number of hydrogen-bond acceptors (Lipinski definition) is 6. The Morgan fingerprint density at radius 2 is 1.45 bits per heavy atom. The zero-order chi connectivity index (χ0) is 21.3. The lowest BCUT2D eigenvalue weighted by atomic mass is 10.1. The molecule has 0 heterocycles. The van der Waals surface area contributed by atoms with Crippen molar-refractivity contribution >= 4 is 5.97 Å². The van der Waals surface area contributed by atoms with Crippen molar-refractivity contribution in [2.45, 2.75) is 45.3 Å². The number of benzene rings is 2. The van der Waals surface area contributed by atoms with Gasteiger partial charge in [-0.2, -0.15) is 0 Å². The van der Waals surface area contributed by atoms with E-state index in [0.717, 1.165) is 18.4 Å². The first-order valence-electron chi connectivity index (χ1n) is 9.74. The molecule has 0 bridgehead atoms. The molecule has 0 aliphatic rings. The molecule has 6 heteroatoms. The van der Waals surface area contributed by atoms with Crippen LogP contribution in [-0.2, 0) is 11.2 Å². The third-order valence-electron chi connectivity index (χ3n) is 3.92. The number of carbonyl (C=O) groups excluding carboxylic acids is 1. The highest BCUT2D eigenvalue weighted by Gasteiger charge is 2.17. The highest BCUT2D eigenvalue weighted by molar-refractivity contribution is 5.89. The van der Waals surface area contributed by atoms with Crippen LogP contribution in [0, 0.1) is 0 Å². The Balaban J connectivity index is 1.74. The molecule has 0 radical (unpaired) electrons. The van der Waals surface area contributed by atoms with Gasteiger partial charge in [0.15, 0.2) is 0 Å². The molecule has 0 spiro atoms. The highest BCUT2D eigenvalue weighted by atomic mass is 16.6. The molecule has 2 N–H and O–H groups in total. The Morgan fingerprint density at radius 3 is 1.93 bits per heavy atom. The van der Waals surface area contributed by atoms with Crippen molar-refractivity contribution in [2.75, 3.05) is 19.8 Å². The van der Waals surface area contributed by atoms with Gasteiger partial charge in [0.2, 0.25) is 0 Å². The number of aliphatic hydroxyl groups is 2. The molecule has 2 rings (SSSR count). The quantitative estimate of drug-likeness (QED) is 0.593. The number of aryl methyl sites for hydroxylation is 1. The smallest absolute Gasteiger partial charge is 0.338 e. The van der Waals surface area contributed by atoms with Crippen LogP contribution in [0.3, 0.4) is 0 Å². The van der Waals surface area contributed by atoms with E-state index in [4.69, 9.17) is 19.3 Å². The molecular formula is C23H30O6. The fourth-order valence-corrected chi connectivity index (χ4v) is 2.49. The third-order valence-corrected chi connectivity index (χ3v) is 3.92. The molecule has 0 aliphatic carbocycles. The maximum atomic E-state index is 12.0. The van der Waals surface area contributed by atoms with E-state index in [-0.39, 0.29) is 25.8 Å². The Morgan fingerprint density at radius 1 is 0.931 bits per heavy atom. The number of ether oxygens (including phenoxy) is 3. The Kier molecular flexibility index (Phi) is 8.49. The van der Waals surface area contributed by atoms with Crippen LogP contribution >= 0.6 is 0 Å². The van der Waals surface area contributed by atoms with Gasteiger partial charge in [-0.05, 0) is 75.6 Å². The molecule has 2 aromatic carbocycles. The predicted molar refractivity (Wildman–Crippen MR) is 110 cm³/mol. The summed E-state index contributed by atoms with van der Waals surface area (Å²) in [4.78, 5) is 12.0. The number of aliphatic hydroxyl groups excluding tert-OH is 2. The van der Waals surface area contributed by atoms with E-state index in [0.29, 0.717) is 17.1 Å². The largest absolute Gasteiger partial charge is 0.491 e. The fourth-order valence-electron chi connectivity index (χ4n) is 2.49. The minimum atomic E-state index is -0.797. The summed E-state index contributed by atoms with van der Waals surface area (Å²) in [5.41, 5.74) is 1.03. The van der Waals surface area contributed by atoms with Gasteiger partial charge in [0.25, 0.3) is 0 Å². The Labute approximate surface area is 172 Å². The maximum Gasteiger partial charge on any atom is 0.338 e. The van der Waals surface area contributed by atoms with Gasteiger partial charge in [0, 0.05) is 6.61 Å². The average molecular weight is 402 g/mol. The molecule has 0 fully saturated rings. The number of esters is 1. The topological polar surface area (TPSA) is 85.2 Å². The number of rotatable bonds is 10. The molecule has 158 valence electrons. The SMILES string of the molecule is CC(C)(C)OC(=O)c1ccc(OCC(O)COc2ccc(CCCO)cc2)cc1. The maximum absolute atomic E-state index is 12.0. The van der Waals surface area contributed by atoms with Gasteiger partial charge < -0.3 is 24.4 Å². The monoisotopic (exact) mass is 402 g/mol. The lowest BCUT2D eigenvalue weighted by molar-refractivity contribution is 0.00693. The third kappa shape index (κ3) is 8.54. The lowest BCUT2D eigenvalue weighted by Crippen LogP contribution is -2.25. The van der Waals surface area contributed by atoms with Gasteiger partial charge >= 0.3 is 5.97 Å². The van der Waals surface area contributed by atoms with Gasteiger partial charge in [-0.3, -0.25) is 0 Å². The second kappa shape index (κ2) is 10.8. The van der Waals surface area contributed by atoms with Crippen molar-refractivity contribution in [3.63, 3.8) is 0 Å². The Bertz CT molecular complexity index is 746. The van der Waals surface area contributed by atoms with E-state index in [2.05, 4.69) is 0 Å². The summed E-state index contributed by atoms with van der Waals surface area (Å²) in [5.74, 6) is 0.822. The van der Waals surface area contributed by atoms with Crippen LogP contribution in [0.4, 0.5) is 0 Å². The van der Waals surface area contributed by atoms with E-state index in [1.807, 2.05) is 45.0 Å². The zero-order valence-electron chi connectivity index (χ0n) is 17.3. The van der Waals surface area contributed by atoms with Gasteiger partial charge in [-0.25, -0.2) is 4.79 Å². The van der Waals surface area contributed by atoms with Gasteiger partial charge in [0.05, 0.1) is 5.56 Å². The van der Waals surface area contributed by atoms with Crippen molar-refractivity contribution in [2.24, 2.45) is 0 Å². The molecule has 1 atom stereocenters. The first-order valence-corrected chi connectivity index (χ1v) is 9.74. The molecular weight excluding hydrogens is 372 g/mol. The van der Waals surface area contributed by atoms with Crippen LogP contribution in [-0.4, -0.2) is 47.7 Å². The molecule has 6 nitrogen and oxygen atoms in total. The van der Waals surface area contributed by atoms with E-state index in [9.17, 15) is 9.90 Å². The number of hydrogen-bond donors (Lipinski definition) is 2. The van der Waals surface area contributed by atoms with E-state index < -0.39 is 11.7 Å². The van der Waals surface area contributed by atoms with Crippen molar-refractivity contribution < 1.29 is 29.2 Å². The van der Waals surface area contributed by atoms with Gasteiger partial charge in [-0.1, -0.05) is 12.1 Å². The molecule has 0 aromatic heterocycles. The molecule has 0 saturated heterocycles. The second-order valence-corrected chi connectivity index (χ2v) is 7.77. The molecule has 0 aliphatic heterocycles. The number of carbonyl (C=O) groups is 1. The standard InChI is InChI=1S/C23H30O6/c1-23(2,3)29-22(26)18-8-12-21(13-9-18)28-16-19(25)15-27-20-10-6-17(7-11-20)5-4-14-24/h6-13,19,24-25H,4-5,14-16H2,1-3H3. The van der Waals surface area contributed by atoms with Crippen molar-refractivity contribution in [3.05, 3.63) is 59.7 Å². The summed E-state index contributed by atoms with van der Waals surface area (Å²) in [6.07, 6.45) is 0.754. The van der Waals surface area contributed by atoms with Gasteiger partial charge in [0.1, 0.15) is 36.4 Å². The normalized spacial score (nSPS) is 12.3. The van der Waals surface area contributed by atoms with Crippen LogP contribution in [0.5, 0.6) is 11.5 Å². The summed E-state index contributed by atoms with van der Waals surface area (Å²) < 4.78 is 16.4. The first-order chi connectivity index (χ1) is 13.8. The second-order valence-electron chi connectivity index (χ2n) is 7.77. The van der Waals surface area contributed by atoms with Crippen molar-refractivity contribution in [3.8, 4) is 11.5 Å². The van der Waals surface area contributed by atoms with Crippen LogP contribution < -0.4 is 9.47 Å². The minimum absolute atomic E-state index is 0.0698. The summed E-state index contributed by atoms with van der Waals surface area (Å²) in [5, 5.41) is 18.9. The van der Waals surface area contributed by atoms with Gasteiger partial charge in [-0.15, -0.1) is 0 Å². The fraction of sp³-hybridized carbons (Fsp3) is 0.435. The molecule has 0 amide bonds. The van der Waals surface area contributed by atoms with Crippen molar-refractivity contribution in [1.82, 2.24) is 0 Å². The molecule has 2 aromatic rings. The predicted octanol–water partition coefficient (Wildman–Crippen LogP) is 3.39. The molecule has 29 heavy (non-hydrogen) atoms. The van der Waals surface area contributed by atoms with Crippen LogP contribution in [0.2, 0.25) is 0 Å². The minimum Gasteiger partial charge on any atom is -0.491 e. The average Bonchev–Trinajstić information content (AvgIpc) is 2.69. The molecule has 0 saturated carbocycles. The molecule has 1 unspecified atom stereocenters. The van der Waals surface area contributed by atoms with Crippen molar-refractivity contribution in [1.29, 1.82) is 0 Å². The first kappa shape index (κ1) is 22.7.